The number of nitrogens with zero attached hydrogens (tertiary/aromatic N) is 1. The third kappa shape index (κ3) is 7.44. The molecule has 0 bridgehead atoms. The van der Waals surface area contributed by atoms with Crippen molar-refractivity contribution in [3.63, 3.8) is 0 Å². The summed E-state index contributed by atoms with van der Waals surface area (Å²) in [7, 11) is 0. The molecule has 0 fully saturated rings. The first-order valence-corrected chi connectivity index (χ1v) is 12.9. The number of rotatable bonds is 9. The van der Waals surface area contributed by atoms with Gasteiger partial charge in [-0.15, -0.1) is 0 Å². The molecule has 4 rings (SSSR count). The van der Waals surface area contributed by atoms with E-state index in [0.29, 0.717) is 32.8 Å². The highest BCUT2D eigenvalue weighted by Gasteiger charge is 2.22. The summed E-state index contributed by atoms with van der Waals surface area (Å²) in [4.78, 5) is 41.5. The number of aliphatic carboxylic acids is 1. The summed E-state index contributed by atoms with van der Waals surface area (Å²) in [6.45, 7) is 1.81. The molecule has 1 heterocycles. The van der Waals surface area contributed by atoms with Gasteiger partial charge in [0.05, 0.1) is 16.6 Å². The standard InChI is InChI=1S/C30H25Cl2N3O4/c1-18-24(12-14-28(33-18)35-30(39)34-26-13-11-23(31)17-25(26)32)20-7-9-21(10-8-20)27(36)16-22(29(37)38)15-19-5-3-2-4-6-19/h2-14,17,22H,15-16H2,1H3,(H,37,38)(H2,33,34,35,39). The second kappa shape index (κ2) is 12.6. The first-order valence-electron chi connectivity index (χ1n) is 12.1. The second-order valence-corrected chi connectivity index (χ2v) is 9.81. The maximum atomic E-state index is 12.8. The van der Waals surface area contributed by atoms with Gasteiger partial charge in [0.25, 0.3) is 0 Å². The monoisotopic (exact) mass is 561 g/mol. The minimum absolute atomic E-state index is 0.0895. The van der Waals surface area contributed by atoms with Crippen LogP contribution in [0, 0.1) is 12.8 Å². The molecule has 1 aromatic heterocycles. The minimum Gasteiger partial charge on any atom is -0.481 e. The molecule has 0 radical (unpaired) electrons. The lowest BCUT2D eigenvalue weighted by Crippen LogP contribution is -2.20. The predicted molar refractivity (Wildman–Crippen MR) is 154 cm³/mol. The molecule has 0 saturated heterocycles. The Morgan fingerprint density at radius 3 is 2.26 bits per heavy atom. The van der Waals surface area contributed by atoms with E-state index in [0.717, 1.165) is 16.7 Å². The van der Waals surface area contributed by atoms with Gasteiger partial charge >= 0.3 is 12.0 Å². The number of aromatic nitrogens is 1. The van der Waals surface area contributed by atoms with Gasteiger partial charge in [0.1, 0.15) is 5.82 Å². The van der Waals surface area contributed by atoms with E-state index in [4.69, 9.17) is 23.2 Å². The Balaban J connectivity index is 1.40. The fourth-order valence-corrected chi connectivity index (χ4v) is 4.57. The van der Waals surface area contributed by atoms with Gasteiger partial charge in [-0.2, -0.15) is 0 Å². The van der Waals surface area contributed by atoms with Crippen molar-refractivity contribution in [2.45, 2.75) is 19.8 Å². The van der Waals surface area contributed by atoms with Crippen LogP contribution in [0.1, 0.15) is 28.0 Å². The van der Waals surface area contributed by atoms with Crippen LogP contribution in [-0.4, -0.2) is 27.9 Å². The minimum atomic E-state index is -0.996. The van der Waals surface area contributed by atoms with E-state index in [1.807, 2.05) is 43.3 Å². The van der Waals surface area contributed by atoms with Gasteiger partial charge in [0.15, 0.2) is 5.78 Å². The SMILES string of the molecule is Cc1nc(NC(=O)Nc2ccc(Cl)cc2Cl)ccc1-c1ccc(C(=O)CC(Cc2ccccc2)C(=O)O)cc1. The number of carboxylic acids is 1. The number of nitrogens with one attached hydrogen (secondary N) is 2. The van der Waals surface area contributed by atoms with E-state index in [1.54, 1.807) is 42.5 Å². The maximum absolute atomic E-state index is 12.8. The summed E-state index contributed by atoms with van der Waals surface area (Å²) in [6, 6.07) is 24.0. The van der Waals surface area contributed by atoms with Crippen LogP contribution in [0.25, 0.3) is 11.1 Å². The van der Waals surface area contributed by atoms with E-state index in [1.165, 1.54) is 6.07 Å². The van der Waals surface area contributed by atoms with Crippen molar-refractivity contribution in [1.82, 2.24) is 4.98 Å². The Bertz CT molecular complexity index is 1510. The third-order valence-corrected chi connectivity index (χ3v) is 6.68. The molecule has 198 valence electrons. The number of amides is 2. The molecular weight excluding hydrogens is 537 g/mol. The van der Waals surface area contributed by atoms with E-state index < -0.39 is 17.9 Å². The predicted octanol–water partition coefficient (Wildman–Crippen LogP) is 7.52. The summed E-state index contributed by atoms with van der Waals surface area (Å²) >= 11 is 12.0. The Kier molecular flexibility index (Phi) is 8.96. The molecule has 0 aliphatic carbocycles. The Labute approximate surface area is 235 Å². The van der Waals surface area contributed by atoms with E-state index in [-0.39, 0.29) is 18.6 Å². The number of halogens is 2. The number of carbonyl (C=O) groups excluding carboxylic acids is 2. The average Bonchev–Trinajstić information content (AvgIpc) is 2.90. The van der Waals surface area contributed by atoms with Crippen molar-refractivity contribution in [2.24, 2.45) is 5.92 Å². The maximum Gasteiger partial charge on any atom is 0.324 e. The third-order valence-electron chi connectivity index (χ3n) is 6.13. The smallest absolute Gasteiger partial charge is 0.324 e. The number of benzene rings is 3. The summed E-state index contributed by atoms with van der Waals surface area (Å²) in [5.41, 5.74) is 4.06. The fourth-order valence-electron chi connectivity index (χ4n) is 4.12. The number of carboxylic acid groups (broad SMARTS) is 1. The number of anilines is 2. The number of carbonyl (C=O) groups is 3. The van der Waals surface area contributed by atoms with Crippen LogP contribution >= 0.6 is 23.2 Å². The van der Waals surface area contributed by atoms with Gasteiger partial charge in [-0.3, -0.25) is 14.9 Å². The van der Waals surface area contributed by atoms with Crippen LogP contribution in [0.5, 0.6) is 0 Å². The molecule has 4 aromatic rings. The van der Waals surface area contributed by atoms with Crippen LogP contribution in [0.4, 0.5) is 16.3 Å². The van der Waals surface area contributed by atoms with Crippen molar-refractivity contribution < 1.29 is 19.5 Å². The molecule has 7 nitrogen and oxygen atoms in total. The van der Waals surface area contributed by atoms with Gasteiger partial charge in [0, 0.05) is 28.3 Å². The van der Waals surface area contributed by atoms with Crippen LogP contribution < -0.4 is 10.6 Å². The molecular formula is C30H25Cl2N3O4. The molecule has 0 aliphatic heterocycles. The van der Waals surface area contributed by atoms with Gasteiger partial charge in [0.2, 0.25) is 0 Å². The highest BCUT2D eigenvalue weighted by Crippen LogP contribution is 2.27. The van der Waals surface area contributed by atoms with Crippen molar-refractivity contribution in [3.8, 4) is 11.1 Å². The highest BCUT2D eigenvalue weighted by molar-refractivity contribution is 6.36. The van der Waals surface area contributed by atoms with E-state index in [9.17, 15) is 19.5 Å². The molecule has 3 N–H and O–H groups in total. The number of ketones is 1. The number of hydrogen-bond donors (Lipinski definition) is 3. The summed E-state index contributed by atoms with van der Waals surface area (Å²) in [5.74, 6) is -1.68. The normalized spacial score (nSPS) is 11.5. The Morgan fingerprint density at radius 2 is 1.62 bits per heavy atom. The molecule has 9 heteroatoms. The van der Waals surface area contributed by atoms with Gasteiger partial charge in [-0.1, -0.05) is 77.8 Å². The van der Waals surface area contributed by atoms with Gasteiger partial charge < -0.3 is 10.4 Å². The lowest BCUT2D eigenvalue weighted by Gasteiger charge is -2.13. The first kappa shape index (κ1) is 27.8. The van der Waals surface area contributed by atoms with Crippen molar-refractivity contribution >= 4 is 52.5 Å². The summed E-state index contributed by atoms with van der Waals surface area (Å²) < 4.78 is 0. The van der Waals surface area contributed by atoms with Crippen molar-refractivity contribution in [3.05, 3.63) is 112 Å². The van der Waals surface area contributed by atoms with Crippen LogP contribution in [0.15, 0.2) is 84.9 Å². The van der Waals surface area contributed by atoms with E-state index >= 15 is 0 Å². The number of Topliss-reactive ketones (excluding diaryl/α,β-unsaturated/α-hetero) is 1. The Hall–Kier alpha value is -4.20. The zero-order valence-corrected chi connectivity index (χ0v) is 22.5. The zero-order chi connectivity index (χ0) is 27.9. The number of urea groups is 1. The van der Waals surface area contributed by atoms with Crippen LogP contribution in [-0.2, 0) is 11.2 Å². The van der Waals surface area contributed by atoms with Crippen LogP contribution in [0.3, 0.4) is 0 Å². The van der Waals surface area contributed by atoms with Crippen molar-refractivity contribution in [1.29, 1.82) is 0 Å². The number of aryl methyl sites for hydroxylation is 1. The lowest BCUT2D eigenvalue weighted by molar-refractivity contribution is -0.141. The Morgan fingerprint density at radius 1 is 0.897 bits per heavy atom. The molecule has 0 aliphatic rings. The topological polar surface area (TPSA) is 108 Å². The average molecular weight is 562 g/mol. The quantitative estimate of drug-likeness (QED) is 0.183. The molecule has 3 aromatic carbocycles. The molecule has 1 atom stereocenters. The highest BCUT2D eigenvalue weighted by atomic mass is 35.5. The van der Waals surface area contributed by atoms with Crippen LogP contribution in [0.2, 0.25) is 10.0 Å². The zero-order valence-electron chi connectivity index (χ0n) is 20.9. The molecule has 1 unspecified atom stereocenters. The summed E-state index contributed by atoms with van der Waals surface area (Å²) in [5, 5.41) is 15.7. The first-order chi connectivity index (χ1) is 18.7. The molecule has 0 saturated carbocycles. The second-order valence-electron chi connectivity index (χ2n) is 8.96. The van der Waals surface area contributed by atoms with Gasteiger partial charge in [-0.25, -0.2) is 9.78 Å². The molecule has 39 heavy (non-hydrogen) atoms. The van der Waals surface area contributed by atoms with Gasteiger partial charge in [-0.05, 0) is 54.8 Å². The number of hydrogen-bond acceptors (Lipinski definition) is 4. The molecule has 0 spiro atoms. The largest absolute Gasteiger partial charge is 0.481 e. The van der Waals surface area contributed by atoms with E-state index in [2.05, 4.69) is 15.6 Å². The fraction of sp³-hybridized carbons (Fsp3) is 0.133. The molecule has 2 amide bonds. The van der Waals surface area contributed by atoms with Crippen molar-refractivity contribution in [2.75, 3.05) is 10.6 Å². The lowest BCUT2D eigenvalue weighted by atomic mass is 9.91. The summed E-state index contributed by atoms with van der Waals surface area (Å²) in [6.07, 6.45) is 0.198. The number of pyridine rings is 1.